The Labute approximate surface area is 70.3 Å². The van der Waals surface area contributed by atoms with Crippen molar-refractivity contribution in [2.75, 3.05) is 13.7 Å². The molecule has 1 N–H and O–H groups in total. The molecule has 12 heavy (non-hydrogen) atoms. The van der Waals surface area contributed by atoms with E-state index in [1.54, 1.807) is 0 Å². The molecule has 0 saturated heterocycles. The normalized spacial score (nSPS) is 14.7. The van der Waals surface area contributed by atoms with Crippen LogP contribution in [0.25, 0.3) is 0 Å². The molecular weight excluding hydrogens is 164 g/mol. The molecule has 0 aliphatic carbocycles. The standard InChI is InChI=1S/C7H12O5/c1-5(8)12-4-7(2,10)6(9)11-3/h10H,4H2,1-3H3/t7-/m0/s1. The predicted molar refractivity (Wildman–Crippen MR) is 39.3 cm³/mol. The fraction of sp³-hybridized carbons (Fsp3) is 0.714. The molecule has 0 aromatic rings. The number of esters is 2. The van der Waals surface area contributed by atoms with Crippen LogP contribution in [0.15, 0.2) is 0 Å². The van der Waals surface area contributed by atoms with Gasteiger partial charge in [-0.05, 0) is 6.92 Å². The zero-order valence-electron chi connectivity index (χ0n) is 7.29. The zero-order valence-corrected chi connectivity index (χ0v) is 7.29. The SMILES string of the molecule is COC(=O)[C@@](C)(O)COC(C)=O. The number of hydrogen-bond acceptors (Lipinski definition) is 5. The molecule has 5 nitrogen and oxygen atoms in total. The van der Waals surface area contributed by atoms with Crippen LogP contribution in [0.2, 0.25) is 0 Å². The van der Waals surface area contributed by atoms with Crippen LogP contribution in [-0.4, -0.2) is 36.4 Å². The van der Waals surface area contributed by atoms with Gasteiger partial charge in [-0.3, -0.25) is 4.79 Å². The third kappa shape index (κ3) is 3.34. The lowest BCUT2D eigenvalue weighted by atomic mass is 10.1. The minimum Gasteiger partial charge on any atom is -0.467 e. The van der Waals surface area contributed by atoms with Crippen LogP contribution < -0.4 is 0 Å². The monoisotopic (exact) mass is 176 g/mol. The van der Waals surface area contributed by atoms with Gasteiger partial charge in [0.05, 0.1) is 7.11 Å². The zero-order chi connectivity index (χ0) is 9.78. The number of ether oxygens (including phenoxy) is 2. The fourth-order valence-corrected chi connectivity index (χ4v) is 0.521. The molecule has 0 unspecified atom stereocenters. The van der Waals surface area contributed by atoms with Gasteiger partial charge in [0.1, 0.15) is 6.61 Å². The Morgan fingerprint density at radius 1 is 1.50 bits per heavy atom. The van der Waals surface area contributed by atoms with Gasteiger partial charge in [-0.2, -0.15) is 0 Å². The van der Waals surface area contributed by atoms with Crippen molar-refractivity contribution >= 4 is 11.9 Å². The van der Waals surface area contributed by atoms with Gasteiger partial charge in [0, 0.05) is 6.92 Å². The van der Waals surface area contributed by atoms with Gasteiger partial charge in [0.25, 0.3) is 0 Å². The Hall–Kier alpha value is -1.10. The Bertz CT molecular complexity index is 184. The van der Waals surface area contributed by atoms with Gasteiger partial charge in [0.15, 0.2) is 5.60 Å². The maximum atomic E-state index is 10.8. The highest BCUT2D eigenvalue weighted by Gasteiger charge is 2.32. The first-order valence-electron chi connectivity index (χ1n) is 3.34. The van der Waals surface area contributed by atoms with Crippen LogP contribution >= 0.6 is 0 Å². The van der Waals surface area contributed by atoms with Crippen LogP contribution in [0.5, 0.6) is 0 Å². The Balaban J connectivity index is 4.03. The molecule has 0 heterocycles. The third-order valence-electron chi connectivity index (χ3n) is 1.18. The highest BCUT2D eigenvalue weighted by molar-refractivity contribution is 5.79. The lowest BCUT2D eigenvalue weighted by Gasteiger charge is -2.18. The summed E-state index contributed by atoms with van der Waals surface area (Å²) in [7, 11) is 1.14. The van der Waals surface area contributed by atoms with E-state index in [-0.39, 0.29) is 0 Å². The number of rotatable bonds is 3. The largest absolute Gasteiger partial charge is 0.467 e. The van der Waals surface area contributed by atoms with Gasteiger partial charge in [0.2, 0.25) is 0 Å². The van der Waals surface area contributed by atoms with Crippen LogP contribution in [-0.2, 0) is 19.1 Å². The number of hydrogen-bond donors (Lipinski definition) is 1. The molecule has 0 amide bonds. The average molecular weight is 176 g/mol. The quantitative estimate of drug-likeness (QED) is 0.585. The molecule has 0 spiro atoms. The summed E-state index contributed by atoms with van der Waals surface area (Å²) in [5, 5.41) is 9.28. The minimum absolute atomic E-state index is 0.394. The molecule has 0 saturated carbocycles. The minimum atomic E-state index is -1.76. The van der Waals surface area contributed by atoms with Gasteiger partial charge >= 0.3 is 11.9 Å². The van der Waals surface area contributed by atoms with Crippen LogP contribution in [0.3, 0.4) is 0 Å². The van der Waals surface area contributed by atoms with Crippen LogP contribution in [0.1, 0.15) is 13.8 Å². The predicted octanol–water partition coefficient (Wildman–Crippen LogP) is -0.527. The molecule has 0 aromatic carbocycles. The molecule has 0 radical (unpaired) electrons. The second-order valence-electron chi connectivity index (χ2n) is 2.55. The van der Waals surface area contributed by atoms with E-state index < -0.39 is 24.1 Å². The lowest BCUT2D eigenvalue weighted by molar-refractivity contribution is -0.170. The smallest absolute Gasteiger partial charge is 0.341 e. The second kappa shape index (κ2) is 4.06. The molecule has 5 heteroatoms. The Kier molecular flexibility index (Phi) is 3.69. The molecule has 0 aromatic heterocycles. The third-order valence-corrected chi connectivity index (χ3v) is 1.18. The summed E-state index contributed by atoms with van der Waals surface area (Å²) in [4.78, 5) is 21.1. The Morgan fingerprint density at radius 3 is 2.33 bits per heavy atom. The van der Waals surface area contributed by atoms with Crippen molar-refractivity contribution in [1.82, 2.24) is 0 Å². The van der Waals surface area contributed by atoms with E-state index in [0.717, 1.165) is 7.11 Å². The van der Waals surface area contributed by atoms with Crippen molar-refractivity contribution < 1.29 is 24.2 Å². The molecular formula is C7H12O5. The highest BCUT2D eigenvalue weighted by Crippen LogP contribution is 2.05. The van der Waals surface area contributed by atoms with Gasteiger partial charge < -0.3 is 14.6 Å². The Morgan fingerprint density at radius 2 is 2.00 bits per heavy atom. The second-order valence-corrected chi connectivity index (χ2v) is 2.55. The summed E-state index contributed by atoms with van der Waals surface area (Å²) < 4.78 is 8.71. The van der Waals surface area contributed by atoms with Crippen LogP contribution in [0, 0.1) is 0 Å². The van der Waals surface area contributed by atoms with E-state index >= 15 is 0 Å². The fourth-order valence-electron chi connectivity index (χ4n) is 0.521. The summed E-state index contributed by atoms with van der Waals surface area (Å²) >= 11 is 0. The summed E-state index contributed by atoms with van der Waals surface area (Å²) in [6.45, 7) is 2.00. The maximum Gasteiger partial charge on any atom is 0.341 e. The molecule has 0 aliphatic heterocycles. The summed E-state index contributed by atoms with van der Waals surface area (Å²) in [6, 6.07) is 0. The van der Waals surface area contributed by atoms with E-state index in [1.807, 2.05) is 0 Å². The van der Waals surface area contributed by atoms with Crippen molar-refractivity contribution in [2.24, 2.45) is 0 Å². The number of carbonyl (C=O) groups excluding carboxylic acids is 2. The van der Waals surface area contributed by atoms with Crippen molar-refractivity contribution in [1.29, 1.82) is 0 Å². The summed E-state index contributed by atoms with van der Waals surface area (Å²) in [6.07, 6.45) is 0. The van der Waals surface area contributed by atoms with E-state index in [4.69, 9.17) is 0 Å². The van der Waals surface area contributed by atoms with Crippen molar-refractivity contribution in [2.45, 2.75) is 19.4 Å². The molecule has 1 atom stereocenters. The number of methoxy groups -OCH3 is 1. The van der Waals surface area contributed by atoms with E-state index in [0.29, 0.717) is 0 Å². The van der Waals surface area contributed by atoms with E-state index in [9.17, 15) is 14.7 Å². The van der Waals surface area contributed by atoms with Gasteiger partial charge in [-0.25, -0.2) is 4.79 Å². The first-order valence-corrected chi connectivity index (χ1v) is 3.34. The molecule has 0 bridgehead atoms. The first-order chi connectivity index (χ1) is 5.40. The van der Waals surface area contributed by atoms with Crippen LogP contribution in [0.4, 0.5) is 0 Å². The molecule has 0 aliphatic rings. The topological polar surface area (TPSA) is 72.8 Å². The molecule has 0 rings (SSSR count). The van der Waals surface area contributed by atoms with E-state index in [2.05, 4.69) is 9.47 Å². The number of aliphatic hydroxyl groups is 1. The van der Waals surface area contributed by atoms with Gasteiger partial charge in [-0.15, -0.1) is 0 Å². The van der Waals surface area contributed by atoms with Crippen molar-refractivity contribution in [3.05, 3.63) is 0 Å². The van der Waals surface area contributed by atoms with Crippen molar-refractivity contribution in [3.63, 3.8) is 0 Å². The van der Waals surface area contributed by atoms with E-state index in [1.165, 1.54) is 13.8 Å². The lowest BCUT2D eigenvalue weighted by Crippen LogP contribution is -2.41. The highest BCUT2D eigenvalue weighted by atomic mass is 16.6. The van der Waals surface area contributed by atoms with Gasteiger partial charge in [-0.1, -0.05) is 0 Å². The molecule has 70 valence electrons. The number of carbonyl (C=O) groups is 2. The summed E-state index contributed by atoms with van der Waals surface area (Å²) in [5.74, 6) is -1.39. The summed E-state index contributed by atoms with van der Waals surface area (Å²) in [5.41, 5.74) is -1.76. The molecule has 0 fully saturated rings. The average Bonchev–Trinajstić information content (AvgIpc) is 1.99. The first kappa shape index (κ1) is 10.9. The van der Waals surface area contributed by atoms with Crippen molar-refractivity contribution in [3.8, 4) is 0 Å². The maximum absolute atomic E-state index is 10.8.